The fourth-order valence-electron chi connectivity index (χ4n) is 7.19. The quantitative estimate of drug-likeness (QED) is 0.343. The average Bonchev–Trinajstić information content (AvgIpc) is 3.41. The van der Waals surface area contributed by atoms with Crippen molar-refractivity contribution >= 4 is 28.9 Å². The first-order valence-corrected chi connectivity index (χ1v) is 14.1. The summed E-state index contributed by atoms with van der Waals surface area (Å²) in [5, 5.41) is 25.7. The number of phenolic OH excluding ortho intramolecular Hbond substituents is 1. The van der Waals surface area contributed by atoms with Gasteiger partial charge in [0.05, 0.1) is 23.6 Å². The molecule has 3 fully saturated rings. The van der Waals surface area contributed by atoms with Crippen LogP contribution < -0.4 is 10.2 Å². The Kier molecular flexibility index (Phi) is 6.47. The topological polar surface area (TPSA) is 99.1 Å². The van der Waals surface area contributed by atoms with Crippen molar-refractivity contribution in [3.63, 3.8) is 0 Å². The summed E-state index contributed by atoms with van der Waals surface area (Å²) in [7, 11) is 0. The van der Waals surface area contributed by atoms with Gasteiger partial charge in [-0.25, -0.2) is 0 Å². The van der Waals surface area contributed by atoms with Crippen LogP contribution in [0.15, 0.2) is 66.7 Å². The van der Waals surface area contributed by atoms with Crippen LogP contribution in [0, 0.1) is 43.4 Å². The van der Waals surface area contributed by atoms with Gasteiger partial charge in [0.15, 0.2) is 5.79 Å². The van der Waals surface area contributed by atoms with Gasteiger partial charge >= 0.3 is 0 Å². The maximum atomic E-state index is 14.0. The van der Waals surface area contributed by atoms with E-state index in [0.717, 1.165) is 28.1 Å². The molecule has 0 radical (unpaired) electrons. The van der Waals surface area contributed by atoms with E-state index in [4.69, 9.17) is 4.74 Å². The number of carbonyl (C=O) groups is 2. The van der Waals surface area contributed by atoms with Crippen molar-refractivity contribution in [2.75, 3.05) is 10.2 Å². The van der Waals surface area contributed by atoms with E-state index in [2.05, 4.69) is 5.32 Å². The number of phenols is 1. The van der Waals surface area contributed by atoms with Crippen LogP contribution in [0.5, 0.6) is 5.75 Å². The average molecular weight is 541 g/mol. The minimum Gasteiger partial charge on any atom is -0.507 e. The van der Waals surface area contributed by atoms with Gasteiger partial charge in [-0.1, -0.05) is 32.0 Å². The van der Waals surface area contributed by atoms with Crippen molar-refractivity contribution in [3.05, 3.63) is 83.4 Å². The Morgan fingerprint density at radius 1 is 0.925 bits per heavy atom. The second-order valence-corrected chi connectivity index (χ2v) is 12.0. The summed E-state index contributed by atoms with van der Waals surface area (Å²) in [6, 6.07) is 20.9. The van der Waals surface area contributed by atoms with Gasteiger partial charge in [-0.15, -0.1) is 0 Å². The first-order chi connectivity index (χ1) is 19.1. The van der Waals surface area contributed by atoms with Crippen LogP contribution in [0.3, 0.4) is 0 Å². The number of anilines is 3. The smallest absolute Gasteiger partial charge is 0.238 e. The van der Waals surface area contributed by atoms with Gasteiger partial charge in [-0.2, -0.15) is 0 Å². The van der Waals surface area contributed by atoms with E-state index in [1.165, 1.54) is 4.90 Å². The number of aliphatic hydroxyl groups is 1. The molecule has 3 aromatic rings. The Bertz CT molecular complexity index is 1430. The first-order valence-electron chi connectivity index (χ1n) is 14.1. The standard InChI is InChI=1S/C33H36N2O5/c1-18(2)26-16-25-29(27-17-28(40-33(26,27)39)21-14-19(3)30(36)20(4)15-21)32(38)35(31(25)37)24-12-10-23(11-13-24)34-22-8-6-5-7-9-22/h5-15,18,25-29,34,36,39H,16-17H2,1-4H3/t25-,26+,27-,28-,29-,33+/m0/s1. The number of hydrogen-bond acceptors (Lipinski definition) is 6. The molecule has 7 nitrogen and oxygen atoms in total. The molecule has 0 spiro atoms. The van der Waals surface area contributed by atoms with Crippen LogP contribution in [0.1, 0.15) is 49.5 Å². The van der Waals surface area contributed by atoms with E-state index < -0.39 is 29.6 Å². The number of nitrogens with one attached hydrogen (secondary N) is 1. The van der Waals surface area contributed by atoms with Crippen LogP contribution >= 0.6 is 0 Å². The summed E-state index contributed by atoms with van der Waals surface area (Å²) in [6.45, 7) is 7.74. The predicted octanol–water partition coefficient (Wildman–Crippen LogP) is 6.00. The number of fused-ring (bicyclic) bond motifs is 3. The van der Waals surface area contributed by atoms with Crippen LogP contribution in [-0.4, -0.2) is 27.8 Å². The number of para-hydroxylation sites is 1. The molecular formula is C33H36N2O5. The lowest BCUT2D eigenvalue weighted by atomic mass is 9.62. The van der Waals surface area contributed by atoms with Gasteiger partial charge in [0, 0.05) is 23.2 Å². The van der Waals surface area contributed by atoms with Crippen molar-refractivity contribution in [2.24, 2.45) is 29.6 Å². The van der Waals surface area contributed by atoms with E-state index in [9.17, 15) is 19.8 Å². The summed E-state index contributed by atoms with van der Waals surface area (Å²) in [5.74, 6) is -3.66. The summed E-state index contributed by atoms with van der Waals surface area (Å²) in [5.41, 5.74) is 4.68. The number of imide groups is 1. The summed E-state index contributed by atoms with van der Waals surface area (Å²) >= 11 is 0. The second-order valence-electron chi connectivity index (χ2n) is 12.0. The minimum atomic E-state index is -1.52. The lowest BCUT2D eigenvalue weighted by Gasteiger charge is -2.46. The van der Waals surface area contributed by atoms with Crippen molar-refractivity contribution in [1.29, 1.82) is 0 Å². The molecule has 6 atom stereocenters. The number of carbonyl (C=O) groups excluding carboxylic acids is 2. The summed E-state index contributed by atoms with van der Waals surface area (Å²) < 4.78 is 6.45. The zero-order chi connectivity index (χ0) is 28.3. The van der Waals surface area contributed by atoms with Crippen molar-refractivity contribution in [3.8, 4) is 5.75 Å². The Labute approximate surface area is 234 Å². The molecule has 2 saturated heterocycles. The molecule has 2 aliphatic heterocycles. The molecule has 208 valence electrons. The molecule has 0 bridgehead atoms. The normalized spacial score (nSPS) is 29.6. The monoisotopic (exact) mass is 540 g/mol. The Hall–Kier alpha value is -3.68. The number of benzene rings is 3. The Morgan fingerprint density at radius 3 is 2.17 bits per heavy atom. The number of amides is 2. The predicted molar refractivity (Wildman–Crippen MR) is 153 cm³/mol. The van der Waals surface area contributed by atoms with Crippen LogP contribution in [0.2, 0.25) is 0 Å². The number of nitrogens with zero attached hydrogens (tertiary/aromatic N) is 1. The number of ether oxygens (including phenoxy) is 1. The highest BCUT2D eigenvalue weighted by molar-refractivity contribution is 6.22. The van der Waals surface area contributed by atoms with Crippen molar-refractivity contribution < 1.29 is 24.5 Å². The first kappa shape index (κ1) is 26.5. The summed E-state index contributed by atoms with van der Waals surface area (Å²) in [4.78, 5) is 29.1. The fraction of sp³-hybridized carbons (Fsp3) is 0.394. The van der Waals surface area contributed by atoms with Crippen molar-refractivity contribution in [1.82, 2.24) is 0 Å². The lowest BCUT2D eigenvalue weighted by Crippen LogP contribution is -2.55. The van der Waals surface area contributed by atoms with E-state index in [1.807, 2.05) is 82.3 Å². The number of aromatic hydroxyl groups is 1. The van der Waals surface area contributed by atoms with Crippen LogP contribution in [0.25, 0.3) is 0 Å². The zero-order valence-electron chi connectivity index (χ0n) is 23.3. The van der Waals surface area contributed by atoms with Gasteiger partial charge in [-0.3, -0.25) is 14.5 Å². The van der Waals surface area contributed by atoms with E-state index in [-0.39, 0.29) is 29.4 Å². The molecule has 2 amide bonds. The molecule has 3 aromatic carbocycles. The SMILES string of the molecule is Cc1cc([C@@H]2C[C@H]3[C@H]4C(=O)N(c5ccc(Nc6ccccc6)cc5)C(=O)[C@H]4C[C@H](C(C)C)[C@@]3(O)O2)cc(C)c1O. The van der Waals surface area contributed by atoms with E-state index in [0.29, 0.717) is 18.5 Å². The largest absolute Gasteiger partial charge is 0.507 e. The molecule has 1 aliphatic carbocycles. The number of aryl methyl sites for hydroxylation is 2. The van der Waals surface area contributed by atoms with Crippen LogP contribution in [0.4, 0.5) is 17.1 Å². The Morgan fingerprint density at radius 2 is 1.55 bits per heavy atom. The van der Waals surface area contributed by atoms with E-state index in [1.54, 1.807) is 12.1 Å². The third kappa shape index (κ3) is 4.19. The summed E-state index contributed by atoms with van der Waals surface area (Å²) in [6.07, 6.45) is 0.384. The third-order valence-electron chi connectivity index (χ3n) is 9.16. The molecule has 0 aromatic heterocycles. The number of rotatable bonds is 5. The third-order valence-corrected chi connectivity index (χ3v) is 9.16. The highest BCUT2D eigenvalue weighted by atomic mass is 16.6. The molecule has 40 heavy (non-hydrogen) atoms. The molecule has 3 aliphatic rings. The maximum absolute atomic E-state index is 14.0. The molecule has 6 rings (SSSR count). The molecular weight excluding hydrogens is 504 g/mol. The molecule has 3 N–H and O–H groups in total. The Balaban J connectivity index is 1.31. The van der Waals surface area contributed by atoms with Gasteiger partial charge in [0.2, 0.25) is 11.8 Å². The maximum Gasteiger partial charge on any atom is 0.238 e. The zero-order valence-corrected chi connectivity index (χ0v) is 23.3. The van der Waals surface area contributed by atoms with E-state index >= 15 is 0 Å². The molecule has 2 heterocycles. The van der Waals surface area contributed by atoms with Gasteiger partial charge < -0.3 is 20.3 Å². The van der Waals surface area contributed by atoms with Gasteiger partial charge in [-0.05, 0) is 97.8 Å². The van der Waals surface area contributed by atoms with Gasteiger partial charge in [0.1, 0.15) is 5.75 Å². The fourth-order valence-corrected chi connectivity index (χ4v) is 7.19. The lowest BCUT2D eigenvalue weighted by molar-refractivity contribution is -0.276. The van der Waals surface area contributed by atoms with Gasteiger partial charge in [0.25, 0.3) is 0 Å². The number of hydrogen-bond donors (Lipinski definition) is 3. The highest BCUT2D eigenvalue weighted by Gasteiger charge is 2.67. The second kappa shape index (κ2) is 9.75. The molecule has 0 unspecified atom stereocenters. The molecule has 1 saturated carbocycles. The van der Waals surface area contributed by atoms with Crippen LogP contribution in [-0.2, 0) is 14.3 Å². The molecule has 7 heteroatoms. The highest BCUT2D eigenvalue weighted by Crippen LogP contribution is 2.60. The minimum absolute atomic E-state index is 0.0517. The van der Waals surface area contributed by atoms with Crippen molar-refractivity contribution in [2.45, 2.75) is 52.4 Å².